The van der Waals surface area contributed by atoms with E-state index >= 15 is 0 Å². The first-order valence-corrected chi connectivity index (χ1v) is 8.76. The van der Waals surface area contributed by atoms with Crippen LogP contribution in [-0.2, 0) is 6.54 Å². The van der Waals surface area contributed by atoms with Gasteiger partial charge in [0.05, 0.1) is 6.61 Å². The van der Waals surface area contributed by atoms with Gasteiger partial charge in [-0.3, -0.25) is 0 Å². The Labute approximate surface area is 155 Å². The molecule has 3 aromatic carbocycles. The highest BCUT2D eigenvalue weighted by Gasteiger charge is 2.15. The Morgan fingerprint density at radius 1 is 1.00 bits per heavy atom. The number of aromatic nitrogens is 1. The van der Waals surface area contributed by atoms with E-state index in [0.717, 1.165) is 16.5 Å². The number of halogens is 1. The normalized spacial score (nSPS) is 11.1. The Bertz CT molecular complexity index is 1130. The molecular weight excluding hydrogens is 345 g/mol. The number of benzene rings is 3. The third-order valence-electron chi connectivity index (χ3n) is 4.62. The molecule has 0 aliphatic heterocycles. The Hall–Kier alpha value is -3.34. The van der Waals surface area contributed by atoms with E-state index in [1.807, 2.05) is 42.5 Å². The molecule has 0 bridgehead atoms. The minimum Gasteiger partial charge on any atom is -0.493 e. The van der Waals surface area contributed by atoms with Crippen molar-refractivity contribution in [1.82, 2.24) is 4.57 Å². The number of carbonyl (C=O) groups is 1. The maximum Gasteiger partial charge on any atom is 0.352 e. The number of rotatable bonds is 6. The molecule has 1 heterocycles. The molecule has 0 radical (unpaired) electrons. The summed E-state index contributed by atoms with van der Waals surface area (Å²) in [5.41, 5.74) is 0.861. The van der Waals surface area contributed by atoms with E-state index in [1.165, 1.54) is 18.2 Å². The summed E-state index contributed by atoms with van der Waals surface area (Å²) in [5, 5.41) is 12.2. The number of hydrogen-bond donors (Lipinski definition) is 1. The van der Waals surface area contributed by atoms with Crippen molar-refractivity contribution >= 4 is 27.6 Å². The molecule has 27 heavy (non-hydrogen) atoms. The molecule has 4 aromatic rings. The highest BCUT2D eigenvalue weighted by molar-refractivity contribution is 5.94. The van der Waals surface area contributed by atoms with Crippen molar-refractivity contribution in [2.75, 3.05) is 6.61 Å². The number of ether oxygens (including phenoxy) is 1. The predicted molar refractivity (Wildman–Crippen MR) is 103 cm³/mol. The molecule has 1 aromatic heterocycles. The molecule has 0 saturated heterocycles. The fourth-order valence-corrected chi connectivity index (χ4v) is 3.39. The fraction of sp³-hybridized carbons (Fsp3) is 0.136. The lowest BCUT2D eigenvalue weighted by Gasteiger charge is -2.11. The quantitative estimate of drug-likeness (QED) is 0.485. The van der Waals surface area contributed by atoms with Crippen LogP contribution in [0.2, 0.25) is 0 Å². The summed E-state index contributed by atoms with van der Waals surface area (Å²) < 4.78 is 21.1. The summed E-state index contributed by atoms with van der Waals surface area (Å²) in [7, 11) is 0. The van der Waals surface area contributed by atoms with Gasteiger partial charge in [-0.05, 0) is 42.1 Å². The van der Waals surface area contributed by atoms with Crippen LogP contribution < -0.4 is 4.74 Å². The third-order valence-corrected chi connectivity index (χ3v) is 4.62. The second-order valence-corrected chi connectivity index (χ2v) is 6.37. The SMILES string of the molecule is O=C(O)c1cc2cc(F)ccc2n1CCCOc1cccc2ccccc12. The molecule has 0 spiro atoms. The van der Waals surface area contributed by atoms with Crippen LogP contribution in [-0.4, -0.2) is 22.2 Å². The minimum atomic E-state index is -1.03. The molecule has 0 unspecified atom stereocenters. The smallest absolute Gasteiger partial charge is 0.352 e. The van der Waals surface area contributed by atoms with Crippen LogP contribution in [0.25, 0.3) is 21.7 Å². The molecule has 4 rings (SSSR count). The Balaban J connectivity index is 1.50. The van der Waals surface area contributed by atoms with Gasteiger partial charge in [-0.1, -0.05) is 36.4 Å². The van der Waals surface area contributed by atoms with E-state index in [2.05, 4.69) is 0 Å². The van der Waals surface area contributed by atoms with E-state index < -0.39 is 5.97 Å². The minimum absolute atomic E-state index is 0.153. The van der Waals surface area contributed by atoms with Crippen LogP contribution in [0.15, 0.2) is 66.7 Å². The van der Waals surface area contributed by atoms with Gasteiger partial charge in [0.15, 0.2) is 0 Å². The van der Waals surface area contributed by atoms with Gasteiger partial charge in [-0.15, -0.1) is 0 Å². The maximum atomic E-state index is 13.4. The van der Waals surface area contributed by atoms with Gasteiger partial charge >= 0.3 is 5.97 Å². The summed E-state index contributed by atoms with van der Waals surface area (Å²) in [6.07, 6.45) is 0.630. The van der Waals surface area contributed by atoms with E-state index in [1.54, 1.807) is 10.6 Å². The second kappa shape index (κ2) is 7.11. The summed E-state index contributed by atoms with van der Waals surface area (Å²) in [4.78, 5) is 11.5. The first kappa shape index (κ1) is 17.1. The number of aromatic carboxylic acids is 1. The van der Waals surface area contributed by atoms with Gasteiger partial charge in [0.1, 0.15) is 17.3 Å². The third kappa shape index (κ3) is 3.36. The van der Waals surface area contributed by atoms with Crippen LogP contribution in [0.3, 0.4) is 0 Å². The molecule has 0 saturated carbocycles. The van der Waals surface area contributed by atoms with Crippen LogP contribution in [0, 0.1) is 5.82 Å². The van der Waals surface area contributed by atoms with Crippen LogP contribution in [0.5, 0.6) is 5.75 Å². The highest BCUT2D eigenvalue weighted by atomic mass is 19.1. The van der Waals surface area contributed by atoms with E-state index in [0.29, 0.717) is 30.5 Å². The molecule has 1 N–H and O–H groups in total. The summed E-state index contributed by atoms with van der Waals surface area (Å²) in [5.74, 6) is -0.594. The average molecular weight is 363 g/mol. The molecular formula is C22H18FNO3. The molecule has 4 nitrogen and oxygen atoms in total. The fourth-order valence-electron chi connectivity index (χ4n) is 3.39. The zero-order valence-corrected chi connectivity index (χ0v) is 14.6. The molecule has 0 amide bonds. The van der Waals surface area contributed by atoms with Crippen molar-refractivity contribution < 1.29 is 19.0 Å². The number of carboxylic acid groups (broad SMARTS) is 1. The largest absolute Gasteiger partial charge is 0.493 e. The Kier molecular flexibility index (Phi) is 4.50. The van der Waals surface area contributed by atoms with Crippen molar-refractivity contribution in [3.05, 3.63) is 78.2 Å². The summed E-state index contributed by atoms with van der Waals surface area (Å²) in [6.45, 7) is 0.926. The molecule has 0 fully saturated rings. The monoisotopic (exact) mass is 363 g/mol. The zero-order valence-electron chi connectivity index (χ0n) is 14.6. The van der Waals surface area contributed by atoms with Gasteiger partial charge in [0.25, 0.3) is 0 Å². The lowest BCUT2D eigenvalue weighted by Crippen LogP contribution is -2.11. The van der Waals surface area contributed by atoms with Gasteiger partial charge in [0.2, 0.25) is 0 Å². The lowest BCUT2D eigenvalue weighted by atomic mass is 10.1. The summed E-state index contributed by atoms with van der Waals surface area (Å²) in [6, 6.07) is 19.7. The Morgan fingerprint density at radius 2 is 1.81 bits per heavy atom. The van der Waals surface area contributed by atoms with Gasteiger partial charge in [-0.25, -0.2) is 9.18 Å². The molecule has 5 heteroatoms. The van der Waals surface area contributed by atoms with E-state index in [4.69, 9.17) is 4.74 Å². The Morgan fingerprint density at radius 3 is 2.67 bits per heavy atom. The van der Waals surface area contributed by atoms with Crippen molar-refractivity contribution in [3.8, 4) is 5.75 Å². The van der Waals surface area contributed by atoms with Crippen LogP contribution >= 0.6 is 0 Å². The number of aryl methyl sites for hydroxylation is 1. The van der Waals surface area contributed by atoms with Gasteiger partial charge in [-0.2, -0.15) is 0 Å². The maximum absolute atomic E-state index is 13.4. The van der Waals surface area contributed by atoms with Crippen molar-refractivity contribution in [2.45, 2.75) is 13.0 Å². The standard InChI is InChI=1S/C22H18FNO3/c23-17-9-10-19-16(13-17)14-20(22(25)26)24(19)11-4-12-27-21-8-3-6-15-5-1-2-7-18(15)21/h1-3,5-10,13-14H,4,11-12H2,(H,25,26). The number of carboxylic acids is 1. The molecule has 0 atom stereocenters. The molecule has 136 valence electrons. The number of hydrogen-bond acceptors (Lipinski definition) is 2. The van der Waals surface area contributed by atoms with Gasteiger partial charge in [0, 0.05) is 22.8 Å². The first-order chi connectivity index (χ1) is 13.1. The van der Waals surface area contributed by atoms with Crippen LogP contribution in [0.1, 0.15) is 16.9 Å². The van der Waals surface area contributed by atoms with Crippen molar-refractivity contribution in [2.24, 2.45) is 0 Å². The van der Waals surface area contributed by atoms with Gasteiger partial charge < -0.3 is 14.4 Å². The predicted octanol–water partition coefficient (Wildman–Crippen LogP) is 5.10. The van der Waals surface area contributed by atoms with E-state index in [9.17, 15) is 14.3 Å². The van der Waals surface area contributed by atoms with E-state index in [-0.39, 0.29) is 11.5 Å². The topological polar surface area (TPSA) is 51.5 Å². The first-order valence-electron chi connectivity index (χ1n) is 8.76. The van der Waals surface area contributed by atoms with Crippen molar-refractivity contribution in [3.63, 3.8) is 0 Å². The average Bonchev–Trinajstić information content (AvgIpc) is 3.03. The molecule has 0 aliphatic carbocycles. The second-order valence-electron chi connectivity index (χ2n) is 6.37. The zero-order chi connectivity index (χ0) is 18.8. The summed E-state index contributed by atoms with van der Waals surface area (Å²) >= 11 is 0. The number of fused-ring (bicyclic) bond motifs is 2. The number of nitrogens with zero attached hydrogens (tertiary/aromatic N) is 1. The molecule has 0 aliphatic rings. The lowest BCUT2D eigenvalue weighted by molar-refractivity contribution is 0.0685. The highest BCUT2D eigenvalue weighted by Crippen LogP contribution is 2.26. The van der Waals surface area contributed by atoms with Crippen LogP contribution in [0.4, 0.5) is 4.39 Å². The van der Waals surface area contributed by atoms with Crippen molar-refractivity contribution in [1.29, 1.82) is 0 Å².